The van der Waals surface area contributed by atoms with Crippen molar-refractivity contribution < 1.29 is 9.90 Å². The Bertz CT molecular complexity index is 671. The number of aliphatic hydroxyl groups is 1. The quantitative estimate of drug-likeness (QED) is 0.753. The van der Waals surface area contributed by atoms with Crippen LogP contribution in [0.3, 0.4) is 0 Å². The molecule has 2 atom stereocenters. The lowest BCUT2D eigenvalue weighted by atomic mass is 9.93. The highest BCUT2D eigenvalue weighted by Gasteiger charge is 2.24. The zero-order chi connectivity index (χ0) is 17.5. The molecule has 2 aromatic rings. The number of nitrogens with one attached hydrogen (secondary N) is 2. The van der Waals surface area contributed by atoms with E-state index in [1.54, 1.807) is 6.20 Å². The normalized spacial score (nSPS) is 20.2. The molecule has 3 N–H and O–H groups in total. The number of imidazole rings is 1. The minimum atomic E-state index is -0.438. The number of aromatic nitrogens is 2. The van der Waals surface area contributed by atoms with Gasteiger partial charge in [0.25, 0.3) is 0 Å². The summed E-state index contributed by atoms with van der Waals surface area (Å²) in [5.41, 5.74) is 1.28. The fraction of sp³-hybridized carbons (Fsp3) is 0.474. The molecule has 1 aliphatic rings. The maximum Gasteiger partial charge on any atom is 0.315 e. The lowest BCUT2D eigenvalue weighted by molar-refractivity contribution is 0.0943. The lowest BCUT2D eigenvalue weighted by Gasteiger charge is -2.28. The van der Waals surface area contributed by atoms with Crippen molar-refractivity contribution in [3.05, 3.63) is 54.1 Å². The first-order valence-corrected chi connectivity index (χ1v) is 8.99. The zero-order valence-corrected chi connectivity index (χ0v) is 14.4. The molecule has 0 bridgehead atoms. The van der Waals surface area contributed by atoms with Crippen molar-refractivity contribution in [3.8, 4) is 0 Å². The summed E-state index contributed by atoms with van der Waals surface area (Å²) in [7, 11) is 0. The Morgan fingerprint density at radius 1 is 1.24 bits per heavy atom. The standard InChI is InChI=1S/C19H26N4O2/c24-17-9-5-4-8-16(17)22-19(25)21-14-18-20-11-13-23(18)12-10-15-6-2-1-3-7-15/h1-3,6-7,11,13,16-17,24H,4-5,8-10,12,14H2,(H2,21,22,25). The topological polar surface area (TPSA) is 79.2 Å². The molecular formula is C19H26N4O2. The van der Waals surface area contributed by atoms with Crippen molar-refractivity contribution in [2.24, 2.45) is 0 Å². The number of hydrogen-bond acceptors (Lipinski definition) is 3. The molecule has 1 aromatic carbocycles. The molecule has 3 rings (SSSR count). The van der Waals surface area contributed by atoms with E-state index < -0.39 is 6.10 Å². The molecule has 1 heterocycles. The predicted molar refractivity (Wildman–Crippen MR) is 96.0 cm³/mol. The Labute approximate surface area is 148 Å². The zero-order valence-electron chi connectivity index (χ0n) is 14.4. The second-order valence-electron chi connectivity index (χ2n) is 6.56. The maximum atomic E-state index is 12.1. The van der Waals surface area contributed by atoms with Gasteiger partial charge in [-0.3, -0.25) is 0 Å². The van der Waals surface area contributed by atoms with Crippen LogP contribution in [0.15, 0.2) is 42.7 Å². The number of aliphatic hydroxyl groups excluding tert-OH is 1. The monoisotopic (exact) mass is 342 g/mol. The van der Waals surface area contributed by atoms with Crippen LogP contribution in [0.2, 0.25) is 0 Å². The van der Waals surface area contributed by atoms with Crippen molar-refractivity contribution in [1.29, 1.82) is 0 Å². The van der Waals surface area contributed by atoms with Crippen LogP contribution in [0.1, 0.15) is 37.1 Å². The van der Waals surface area contributed by atoms with Gasteiger partial charge in [-0.2, -0.15) is 0 Å². The van der Waals surface area contributed by atoms with Crippen LogP contribution in [-0.2, 0) is 19.5 Å². The number of carbonyl (C=O) groups is 1. The van der Waals surface area contributed by atoms with Crippen molar-refractivity contribution >= 4 is 6.03 Å². The van der Waals surface area contributed by atoms with Crippen molar-refractivity contribution in [2.45, 2.75) is 57.3 Å². The summed E-state index contributed by atoms with van der Waals surface area (Å²) in [6.07, 6.45) is 7.84. The van der Waals surface area contributed by atoms with E-state index in [1.807, 2.05) is 24.4 Å². The highest BCUT2D eigenvalue weighted by atomic mass is 16.3. The molecule has 0 saturated heterocycles. The number of urea groups is 1. The smallest absolute Gasteiger partial charge is 0.315 e. The molecule has 6 nitrogen and oxygen atoms in total. The van der Waals surface area contributed by atoms with Crippen LogP contribution < -0.4 is 10.6 Å². The van der Waals surface area contributed by atoms with Gasteiger partial charge >= 0.3 is 6.03 Å². The second-order valence-corrected chi connectivity index (χ2v) is 6.56. The fourth-order valence-corrected chi connectivity index (χ4v) is 3.26. The third-order valence-corrected chi connectivity index (χ3v) is 4.74. The van der Waals surface area contributed by atoms with E-state index in [9.17, 15) is 9.90 Å². The number of rotatable bonds is 6. The number of amides is 2. The number of nitrogens with zero attached hydrogens (tertiary/aromatic N) is 2. The summed E-state index contributed by atoms with van der Waals surface area (Å²) in [5.74, 6) is 0.829. The van der Waals surface area contributed by atoms with Gasteiger partial charge < -0.3 is 20.3 Å². The number of benzene rings is 1. The molecule has 1 aromatic heterocycles. The first kappa shape index (κ1) is 17.5. The molecule has 1 aliphatic carbocycles. The molecule has 25 heavy (non-hydrogen) atoms. The molecule has 2 unspecified atom stereocenters. The van der Waals surface area contributed by atoms with Gasteiger partial charge in [0.05, 0.1) is 18.7 Å². The van der Waals surface area contributed by atoms with Gasteiger partial charge in [-0.1, -0.05) is 43.2 Å². The van der Waals surface area contributed by atoms with Gasteiger partial charge in [-0.05, 0) is 24.8 Å². The molecule has 0 radical (unpaired) electrons. The average molecular weight is 342 g/mol. The van der Waals surface area contributed by atoms with Crippen LogP contribution in [-0.4, -0.2) is 32.8 Å². The van der Waals surface area contributed by atoms with E-state index >= 15 is 0 Å². The molecule has 1 fully saturated rings. The maximum absolute atomic E-state index is 12.1. The molecule has 0 spiro atoms. The van der Waals surface area contributed by atoms with E-state index in [2.05, 4.69) is 32.3 Å². The SMILES string of the molecule is O=C(NCc1nccn1CCc1ccccc1)NC1CCCCC1O. The van der Waals surface area contributed by atoms with E-state index in [-0.39, 0.29) is 12.1 Å². The van der Waals surface area contributed by atoms with Crippen molar-refractivity contribution in [1.82, 2.24) is 20.2 Å². The Morgan fingerprint density at radius 3 is 2.84 bits per heavy atom. The second kappa shape index (κ2) is 8.67. The Hall–Kier alpha value is -2.34. The van der Waals surface area contributed by atoms with Crippen LogP contribution in [0, 0.1) is 0 Å². The third kappa shape index (κ3) is 5.06. The first-order chi connectivity index (χ1) is 12.2. The van der Waals surface area contributed by atoms with Gasteiger partial charge in [0.15, 0.2) is 0 Å². The largest absolute Gasteiger partial charge is 0.391 e. The first-order valence-electron chi connectivity index (χ1n) is 8.99. The molecule has 0 aliphatic heterocycles. The van der Waals surface area contributed by atoms with Gasteiger partial charge in [-0.25, -0.2) is 9.78 Å². The summed E-state index contributed by atoms with van der Waals surface area (Å²) in [4.78, 5) is 16.4. The van der Waals surface area contributed by atoms with E-state index in [0.717, 1.165) is 44.5 Å². The minimum Gasteiger partial charge on any atom is -0.391 e. The fourth-order valence-electron chi connectivity index (χ4n) is 3.26. The van der Waals surface area contributed by atoms with E-state index in [4.69, 9.17) is 0 Å². The predicted octanol–water partition coefficient (Wildman–Crippen LogP) is 2.23. The van der Waals surface area contributed by atoms with Crippen LogP contribution in [0.25, 0.3) is 0 Å². The number of carbonyl (C=O) groups excluding carboxylic acids is 1. The number of hydrogen-bond donors (Lipinski definition) is 3. The average Bonchev–Trinajstić information content (AvgIpc) is 3.08. The van der Waals surface area contributed by atoms with E-state index in [0.29, 0.717) is 6.54 Å². The Balaban J connectivity index is 1.47. The summed E-state index contributed by atoms with van der Waals surface area (Å²) in [6.45, 7) is 1.19. The summed E-state index contributed by atoms with van der Waals surface area (Å²) in [5, 5.41) is 15.7. The highest BCUT2D eigenvalue weighted by Crippen LogP contribution is 2.18. The van der Waals surface area contributed by atoms with Crippen LogP contribution in [0.5, 0.6) is 0 Å². The molecule has 6 heteroatoms. The Kier molecular flexibility index (Phi) is 6.06. The van der Waals surface area contributed by atoms with Crippen LogP contribution >= 0.6 is 0 Å². The molecular weight excluding hydrogens is 316 g/mol. The van der Waals surface area contributed by atoms with Crippen LogP contribution in [0.4, 0.5) is 4.79 Å². The summed E-state index contributed by atoms with van der Waals surface area (Å²) in [6, 6.07) is 9.91. The lowest BCUT2D eigenvalue weighted by Crippen LogP contribution is -2.48. The van der Waals surface area contributed by atoms with Gasteiger partial charge in [0.2, 0.25) is 0 Å². The summed E-state index contributed by atoms with van der Waals surface area (Å²) < 4.78 is 2.06. The highest BCUT2D eigenvalue weighted by molar-refractivity contribution is 5.74. The van der Waals surface area contributed by atoms with Crippen molar-refractivity contribution in [3.63, 3.8) is 0 Å². The van der Waals surface area contributed by atoms with E-state index in [1.165, 1.54) is 5.56 Å². The Morgan fingerprint density at radius 2 is 2.04 bits per heavy atom. The van der Waals surface area contributed by atoms with Gasteiger partial charge in [0, 0.05) is 18.9 Å². The molecule has 134 valence electrons. The molecule has 1 saturated carbocycles. The molecule has 2 amide bonds. The van der Waals surface area contributed by atoms with Gasteiger partial charge in [-0.15, -0.1) is 0 Å². The summed E-state index contributed by atoms with van der Waals surface area (Å²) >= 11 is 0. The number of aryl methyl sites for hydroxylation is 2. The third-order valence-electron chi connectivity index (χ3n) is 4.74. The van der Waals surface area contributed by atoms with Crippen molar-refractivity contribution in [2.75, 3.05) is 0 Å². The van der Waals surface area contributed by atoms with Gasteiger partial charge in [0.1, 0.15) is 5.82 Å². The minimum absolute atomic E-state index is 0.147.